The van der Waals surface area contributed by atoms with Crippen LogP contribution < -0.4 is 10.1 Å². The van der Waals surface area contributed by atoms with Gasteiger partial charge < -0.3 is 10.1 Å². The number of hydrogen-bond acceptors (Lipinski definition) is 2. The van der Waals surface area contributed by atoms with Gasteiger partial charge in [0.25, 0.3) is 0 Å². The van der Waals surface area contributed by atoms with E-state index in [-0.39, 0.29) is 0 Å². The molecule has 1 N–H and O–H groups in total. The van der Waals surface area contributed by atoms with Crippen LogP contribution in [0.4, 0.5) is 0 Å². The molecule has 112 valence electrons. The molecule has 1 aliphatic carbocycles. The summed E-state index contributed by atoms with van der Waals surface area (Å²) in [5.74, 6) is 1.65. The van der Waals surface area contributed by atoms with E-state index in [1.165, 1.54) is 31.2 Å². The van der Waals surface area contributed by atoms with Crippen LogP contribution in [0.2, 0.25) is 0 Å². The third kappa shape index (κ3) is 3.35. The van der Waals surface area contributed by atoms with Gasteiger partial charge in [-0.05, 0) is 48.4 Å². The fraction of sp³-hybridized carbons (Fsp3) is 0.667. The first-order valence-corrected chi connectivity index (χ1v) is 7.96. The van der Waals surface area contributed by atoms with Gasteiger partial charge in [0.2, 0.25) is 0 Å². The van der Waals surface area contributed by atoms with Gasteiger partial charge in [0.15, 0.2) is 0 Å². The molecule has 2 rings (SSSR count). The monoisotopic (exact) mass is 275 g/mol. The van der Waals surface area contributed by atoms with Crippen LogP contribution in [0.15, 0.2) is 24.3 Å². The van der Waals surface area contributed by atoms with Crippen LogP contribution in [0, 0.1) is 11.3 Å². The molecule has 1 aromatic rings. The fourth-order valence-corrected chi connectivity index (χ4v) is 3.66. The lowest BCUT2D eigenvalue weighted by Crippen LogP contribution is -2.39. The molecule has 0 radical (unpaired) electrons. The molecule has 20 heavy (non-hydrogen) atoms. The number of hydrogen-bond donors (Lipinski definition) is 1. The van der Waals surface area contributed by atoms with Crippen molar-refractivity contribution in [3.05, 3.63) is 29.8 Å². The van der Waals surface area contributed by atoms with Gasteiger partial charge in [-0.1, -0.05) is 45.7 Å². The van der Waals surface area contributed by atoms with Gasteiger partial charge in [-0.2, -0.15) is 0 Å². The normalized spacial score (nSPS) is 23.3. The van der Waals surface area contributed by atoms with Crippen molar-refractivity contribution < 1.29 is 4.74 Å². The van der Waals surface area contributed by atoms with Crippen LogP contribution in [0.1, 0.15) is 58.1 Å². The van der Waals surface area contributed by atoms with Crippen LogP contribution in [-0.4, -0.2) is 13.7 Å². The molecule has 0 spiro atoms. The van der Waals surface area contributed by atoms with Gasteiger partial charge in [-0.3, -0.25) is 0 Å². The Labute approximate surface area is 123 Å². The molecule has 2 nitrogen and oxygen atoms in total. The van der Waals surface area contributed by atoms with Crippen LogP contribution in [-0.2, 0) is 0 Å². The Morgan fingerprint density at radius 1 is 1.25 bits per heavy atom. The molecule has 0 bridgehead atoms. The van der Waals surface area contributed by atoms with Crippen molar-refractivity contribution in [1.29, 1.82) is 0 Å². The highest BCUT2D eigenvalue weighted by Crippen LogP contribution is 2.46. The largest absolute Gasteiger partial charge is 0.497 e. The Kier molecular flexibility index (Phi) is 5.09. The number of methoxy groups -OCH3 is 1. The topological polar surface area (TPSA) is 21.3 Å². The molecule has 0 aromatic heterocycles. The maximum Gasteiger partial charge on any atom is 0.118 e. The average molecular weight is 275 g/mol. The summed E-state index contributed by atoms with van der Waals surface area (Å²) in [6.07, 6.45) is 5.42. The molecular formula is C18H29NO. The predicted molar refractivity (Wildman–Crippen MR) is 85.2 cm³/mol. The lowest BCUT2D eigenvalue weighted by molar-refractivity contribution is 0.0988. The fourth-order valence-electron chi connectivity index (χ4n) is 3.66. The standard InChI is InChI=1S/C18H29NO/c1-5-19-17(14-9-11-15(20-4)12-10-14)16-8-6-7-13-18(16,2)3/h9-12,16-17,19H,5-8,13H2,1-4H3. The molecule has 1 saturated carbocycles. The van der Waals surface area contributed by atoms with E-state index in [0.29, 0.717) is 17.4 Å². The highest BCUT2D eigenvalue weighted by molar-refractivity contribution is 5.30. The molecular weight excluding hydrogens is 246 g/mol. The molecule has 2 unspecified atom stereocenters. The maximum absolute atomic E-state index is 5.27. The second kappa shape index (κ2) is 6.62. The van der Waals surface area contributed by atoms with Crippen LogP contribution in [0.5, 0.6) is 5.75 Å². The third-order valence-corrected chi connectivity index (χ3v) is 4.89. The van der Waals surface area contributed by atoms with Gasteiger partial charge in [-0.25, -0.2) is 0 Å². The Morgan fingerprint density at radius 2 is 1.95 bits per heavy atom. The summed E-state index contributed by atoms with van der Waals surface area (Å²) in [5, 5.41) is 3.72. The molecule has 2 atom stereocenters. The van der Waals surface area contributed by atoms with Gasteiger partial charge in [0.05, 0.1) is 7.11 Å². The molecule has 1 fully saturated rings. The number of ether oxygens (including phenoxy) is 1. The van der Waals surface area contributed by atoms with E-state index in [1.54, 1.807) is 7.11 Å². The van der Waals surface area contributed by atoms with E-state index < -0.39 is 0 Å². The minimum absolute atomic E-state index is 0.422. The lowest BCUT2D eigenvalue weighted by Gasteiger charge is -2.43. The van der Waals surface area contributed by atoms with E-state index in [2.05, 4.69) is 50.4 Å². The lowest BCUT2D eigenvalue weighted by atomic mass is 9.65. The highest BCUT2D eigenvalue weighted by Gasteiger charge is 2.37. The van der Waals surface area contributed by atoms with Crippen molar-refractivity contribution in [2.24, 2.45) is 11.3 Å². The number of benzene rings is 1. The predicted octanol–water partition coefficient (Wildman–Crippen LogP) is 4.56. The zero-order valence-corrected chi connectivity index (χ0v) is 13.4. The van der Waals surface area contributed by atoms with Crippen LogP contribution in [0.25, 0.3) is 0 Å². The Bertz CT molecular complexity index is 410. The van der Waals surface area contributed by atoms with E-state index in [0.717, 1.165) is 12.3 Å². The number of nitrogens with one attached hydrogen (secondary N) is 1. The Morgan fingerprint density at radius 3 is 2.50 bits per heavy atom. The quantitative estimate of drug-likeness (QED) is 0.850. The summed E-state index contributed by atoms with van der Waals surface area (Å²) in [5.41, 5.74) is 1.82. The van der Waals surface area contributed by atoms with E-state index in [1.807, 2.05) is 0 Å². The molecule has 0 amide bonds. The van der Waals surface area contributed by atoms with Crippen molar-refractivity contribution in [1.82, 2.24) is 5.32 Å². The van der Waals surface area contributed by atoms with Crippen molar-refractivity contribution in [3.63, 3.8) is 0 Å². The zero-order valence-electron chi connectivity index (χ0n) is 13.4. The summed E-state index contributed by atoms with van der Waals surface area (Å²) in [7, 11) is 1.72. The zero-order chi connectivity index (χ0) is 14.6. The van der Waals surface area contributed by atoms with Crippen LogP contribution in [0.3, 0.4) is 0 Å². The summed E-state index contributed by atoms with van der Waals surface area (Å²) >= 11 is 0. The molecule has 0 aliphatic heterocycles. The first-order chi connectivity index (χ1) is 9.58. The second-order valence-electron chi connectivity index (χ2n) is 6.65. The Hall–Kier alpha value is -1.02. The molecule has 1 aliphatic rings. The minimum Gasteiger partial charge on any atom is -0.497 e. The van der Waals surface area contributed by atoms with E-state index in [9.17, 15) is 0 Å². The van der Waals surface area contributed by atoms with Crippen molar-refractivity contribution in [2.75, 3.05) is 13.7 Å². The maximum atomic E-state index is 5.27. The first-order valence-electron chi connectivity index (χ1n) is 7.96. The second-order valence-corrected chi connectivity index (χ2v) is 6.65. The van der Waals surface area contributed by atoms with Gasteiger partial charge in [-0.15, -0.1) is 0 Å². The smallest absolute Gasteiger partial charge is 0.118 e. The van der Waals surface area contributed by atoms with Crippen LogP contribution >= 0.6 is 0 Å². The number of rotatable bonds is 5. The van der Waals surface area contributed by atoms with Crippen molar-refractivity contribution in [3.8, 4) is 5.75 Å². The van der Waals surface area contributed by atoms with Crippen molar-refractivity contribution >= 4 is 0 Å². The van der Waals surface area contributed by atoms with Gasteiger partial charge >= 0.3 is 0 Å². The summed E-state index contributed by atoms with van der Waals surface area (Å²) in [6.45, 7) is 8.09. The summed E-state index contributed by atoms with van der Waals surface area (Å²) in [6, 6.07) is 9.06. The molecule has 2 heteroatoms. The van der Waals surface area contributed by atoms with Crippen molar-refractivity contribution in [2.45, 2.75) is 52.5 Å². The summed E-state index contributed by atoms with van der Waals surface area (Å²) < 4.78 is 5.27. The third-order valence-electron chi connectivity index (χ3n) is 4.89. The van der Waals surface area contributed by atoms with Gasteiger partial charge in [0.1, 0.15) is 5.75 Å². The SMILES string of the molecule is CCNC(c1ccc(OC)cc1)C1CCCCC1(C)C. The minimum atomic E-state index is 0.422. The first kappa shape index (κ1) is 15.4. The van der Waals surface area contributed by atoms with E-state index >= 15 is 0 Å². The average Bonchev–Trinajstić information content (AvgIpc) is 2.45. The van der Waals surface area contributed by atoms with Gasteiger partial charge in [0, 0.05) is 6.04 Å². The Balaban J connectivity index is 2.24. The highest BCUT2D eigenvalue weighted by atomic mass is 16.5. The molecule has 0 heterocycles. The summed E-state index contributed by atoms with van der Waals surface area (Å²) in [4.78, 5) is 0. The molecule has 1 aromatic carbocycles. The van der Waals surface area contributed by atoms with E-state index in [4.69, 9.17) is 4.74 Å². The molecule has 0 saturated heterocycles.